The molecule has 6 heteroatoms. The normalized spacial score (nSPS) is 18.8. The maximum absolute atomic E-state index is 12.9. The Hall–Kier alpha value is -1.59. The molecule has 1 amide bonds. The van der Waals surface area contributed by atoms with E-state index in [9.17, 15) is 4.79 Å². The van der Waals surface area contributed by atoms with E-state index in [4.69, 9.17) is 32.7 Å². The van der Waals surface area contributed by atoms with Crippen molar-refractivity contribution in [2.45, 2.75) is 12.2 Å². The molecule has 0 N–H and O–H groups in total. The molecule has 0 aliphatic carbocycles. The molecule has 0 spiro atoms. The van der Waals surface area contributed by atoms with Crippen LogP contribution in [0, 0.1) is 0 Å². The van der Waals surface area contributed by atoms with Crippen LogP contribution in [-0.4, -0.2) is 37.6 Å². The number of carbonyl (C=O) groups excluding carboxylic acids is 1. The van der Waals surface area contributed by atoms with Crippen molar-refractivity contribution in [2.75, 3.05) is 26.8 Å². The summed E-state index contributed by atoms with van der Waals surface area (Å²) in [7, 11) is 1.55. The van der Waals surface area contributed by atoms with Crippen molar-refractivity contribution in [3.8, 4) is 0 Å². The lowest BCUT2D eigenvalue weighted by Crippen LogP contribution is -2.44. The molecule has 0 unspecified atom stereocenters. The summed E-state index contributed by atoms with van der Waals surface area (Å²) >= 11 is 12.1. The third kappa shape index (κ3) is 4.15. The van der Waals surface area contributed by atoms with Crippen LogP contribution in [0.1, 0.15) is 23.3 Å². The first-order chi connectivity index (χ1) is 12.1. The van der Waals surface area contributed by atoms with E-state index >= 15 is 0 Å². The van der Waals surface area contributed by atoms with Gasteiger partial charge in [-0.25, -0.2) is 0 Å². The molecule has 1 fully saturated rings. The summed E-state index contributed by atoms with van der Waals surface area (Å²) in [5.74, 6) is -0.0675. The van der Waals surface area contributed by atoms with Crippen molar-refractivity contribution >= 4 is 29.1 Å². The van der Waals surface area contributed by atoms with Gasteiger partial charge in [0.25, 0.3) is 5.91 Å². The summed E-state index contributed by atoms with van der Waals surface area (Å²) in [5, 5.41) is 0.975. The quantitative estimate of drug-likeness (QED) is 0.795. The highest BCUT2D eigenvalue weighted by Gasteiger charge is 2.31. The highest BCUT2D eigenvalue weighted by Crippen LogP contribution is 2.30. The number of nitrogens with zero attached hydrogens (tertiary/aromatic N) is 1. The molecule has 1 saturated heterocycles. The van der Waals surface area contributed by atoms with Crippen LogP contribution in [-0.2, 0) is 14.3 Å². The Labute approximate surface area is 157 Å². The van der Waals surface area contributed by atoms with E-state index in [0.29, 0.717) is 29.7 Å². The van der Waals surface area contributed by atoms with Gasteiger partial charge in [0, 0.05) is 13.7 Å². The lowest BCUT2D eigenvalue weighted by molar-refractivity contribution is -0.150. The number of carbonyl (C=O) groups is 1. The maximum Gasteiger partial charge on any atom is 0.256 e. The zero-order valence-electron chi connectivity index (χ0n) is 13.8. The number of morpholine rings is 1. The summed E-state index contributed by atoms with van der Waals surface area (Å²) in [5.41, 5.74) is 1.74. The monoisotopic (exact) mass is 379 g/mol. The highest BCUT2D eigenvalue weighted by atomic mass is 35.5. The van der Waals surface area contributed by atoms with Crippen LogP contribution in [0.5, 0.6) is 0 Å². The number of halogens is 2. The topological polar surface area (TPSA) is 38.8 Å². The summed E-state index contributed by atoms with van der Waals surface area (Å²) in [6.07, 6.45) is -0.852. The van der Waals surface area contributed by atoms with Gasteiger partial charge in [0.2, 0.25) is 0 Å². The first-order valence-corrected chi connectivity index (χ1v) is 8.79. The Morgan fingerprint density at radius 2 is 1.96 bits per heavy atom. The smallest absolute Gasteiger partial charge is 0.256 e. The number of hydrogen-bond donors (Lipinski definition) is 0. The van der Waals surface area contributed by atoms with Crippen molar-refractivity contribution in [3.05, 3.63) is 69.7 Å². The fraction of sp³-hybridized carbons (Fsp3) is 0.316. The van der Waals surface area contributed by atoms with E-state index in [1.165, 1.54) is 0 Å². The minimum atomic E-state index is -0.617. The molecule has 132 valence electrons. The molecule has 1 heterocycles. The predicted molar refractivity (Wildman–Crippen MR) is 97.9 cm³/mol. The molecule has 2 aromatic rings. The zero-order valence-corrected chi connectivity index (χ0v) is 15.3. The van der Waals surface area contributed by atoms with Crippen LogP contribution in [0.3, 0.4) is 0 Å². The molecule has 0 radical (unpaired) electrons. The van der Waals surface area contributed by atoms with Crippen molar-refractivity contribution in [1.82, 2.24) is 4.90 Å². The fourth-order valence-corrected chi connectivity index (χ4v) is 3.24. The van der Waals surface area contributed by atoms with Gasteiger partial charge >= 0.3 is 0 Å². The van der Waals surface area contributed by atoms with Crippen LogP contribution < -0.4 is 0 Å². The third-order valence-electron chi connectivity index (χ3n) is 4.26. The lowest BCUT2D eigenvalue weighted by Gasteiger charge is -2.35. The van der Waals surface area contributed by atoms with Crippen LogP contribution in [0.15, 0.2) is 48.5 Å². The number of amides is 1. The van der Waals surface area contributed by atoms with E-state index in [-0.39, 0.29) is 12.0 Å². The first kappa shape index (κ1) is 18.2. The lowest BCUT2D eigenvalue weighted by atomic mass is 10.1. The molecule has 0 aromatic heterocycles. The minimum Gasteiger partial charge on any atom is -0.370 e. The molecular formula is C19H19Cl2NO3. The van der Waals surface area contributed by atoms with Crippen molar-refractivity contribution < 1.29 is 14.3 Å². The fourth-order valence-electron chi connectivity index (χ4n) is 2.94. The summed E-state index contributed by atoms with van der Waals surface area (Å²) in [6, 6.07) is 14.9. The Kier molecular flexibility index (Phi) is 5.97. The van der Waals surface area contributed by atoms with Crippen molar-refractivity contribution in [2.24, 2.45) is 0 Å². The van der Waals surface area contributed by atoms with Gasteiger partial charge in [-0.15, -0.1) is 0 Å². The Balaban J connectivity index is 1.76. The summed E-state index contributed by atoms with van der Waals surface area (Å²) in [6.45, 7) is 1.44. The van der Waals surface area contributed by atoms with E-state index in [2.05, 4.69) is 0 Å². The zero-order chi connectivity index (χ0) is 17.8. The molecule has 0 bridgehead atoms. The number of hydrogen-bond acceptors (Lipinski definition) is 3. The van der Waals surface area contributed by atoms with E-state index in [1.54, 1.807) is 24.1 Å². The molecule has 25 heavy (non-hydrogen) atoms. The average molecular weight is 380 g/mol. The Morgan fingerprint density at radius 1 is 1.20 bits per heavy atom. The molecule has 2 atom stereocenters. The third-order valence-corrected chi connectivity index (χ3v) is 4.99. The Morgan fingerprint density at radius 3 is 2.64 bits per heavy atom. The van der Waals surface area contributed by atoms with Gasteiger partial charge in [-0.1, -0.05) is 59.6 Å². The molecule has 1 aliphatic heterocycles. The Bertz CT molecular complexity index is 739. The van der Waals surface area contributed by atoms with Gasteiger partial charge in [-0.3, -0.25) is 4.79 Å². The molecule has 2 aromatic carbocycles. The average Bonchev–Trinajstić information content (AvgIpc) is 2.65. The largest absolute Gasteiger partial charge is 0.370 e. The molecule has 1 aliphatic rings. The van der Waals surface area contributed by atoms with Crippen molar-refractivity contribution in [1.29, 1.82) is 0 Å². The number of methoxy groups -OCH3 is 1. The number of rotatable bonds is 4. The maximum atomic E-state index is 12.9. The molecular weight excluding hydrogens is 361 g/mol. The minimum absolute atomic E-state index is 0.0675. The second kappa shape index (κ2) is 8.19. The van der Waals surface area contributed by atoms with E-state index < -0.39 is 6.10 Å². The molecule has 0 saturated carbocycles. The van der Waals surface area contributed by atoms with E-state index in [0.717, 1.165) is 11.1 Å². The highest BCUT2D eigenvalue weighted by molar-refractivity contribution is 6.42. The van der Waals surface area contributed by atoms with E-state index in [1.807, 2.05) is 36.4 Å². The number of ether oxygens (including phenoxy) is 2. The van der Waals surface area contributed by atoms with Gasteiger partial charge in [0.05, 0.1) is 23.2 Å². The predicted octanol–water partition coefficient (Wildman–Crippen LogP) is 4.28. The first-order valence-electron chi connectivity index (χ1n) is 8.03. The van der Waals surface area contributed by atoms with Gasteiger partial charge in [-0.05, 0) is 23.3 Å². The van der Waals surface area contributed by atoms with Crippen LogP contribution >= 0.6 is 23.2 Å². The van der Waals surface area contributed by atoms with Crippen LogP contribution in [0.4, 0.5) is 0 Å². The summed E-state index contributed by atoms with van der Waals surface area (Å²) < 4.78 is 11.3. The number of benzene rings is 2. The summed E-state index contributed by atoms with van der Waals surface area (Å²) in [4.78, 5) is 14.7. The standard InChI is InChI=1S/C19H19Cl2NO3/c1-24-18(13-5-3-2-4-6-13)19(23)22-9-10-25-17(12-22)14-7-8-15(20)16(21)11-14/h2-8,11,17-18H,9-10,12H2,1H3/t17-,18-/m1/s1. The van der Waals surface area contributed by atoms with Gasteiger partial charge in [0.1, 0.15) is 6.10 Å². The second-order valence-corrected chi connectivity index (χ2v) is 6.66. The molecule has 4 nitrogen and oxygen atoms in total. The SMILES string of the molecule is CO[C@@H](C(=O)N1CCO[C@@H](c2ccc(Cl)c(Cl)c2)C1)c1ccccc1. The van der Waals surface area contributed by atoms with Crippen molar-refractivity contribution in [3.63, 3.8) is 0 Å². The van der Waals surface area contributed by atoms with Gasteiger partial charge < -0.3 is 14.4 Å². The van der Waals surface area contributed by atoms with Crippen LogP contribution in [0.2, 0.25) is 10.0 Å². The second-order valence-electron chi connectivity index (χ2n) is 5.84. The van der Waals surface area contributed by atoms with Gasteiger partial charge in [0.15, 0.2) is 6.10 Å². The van der Waals surface area contributed by atoms with Gasteiger partial charge in [-0.2, -0.15) is 0 Å². The van der Waals surface area contributed by atoms with Crippen LogP contribution in [0.25, 0.3) is 0 Å². The molecule has 3 rings (SSSR count).